The summed E-state index contributed by atoms with van der Waals surface area (Å²) < 4.78 is 5.66. The van der Waals surface area contributed by atoms with E-state index in [1.807, 2.05) is 48.5 Å². The van der Waals surface area contributed by atoms with Gasteiger partial charge < -0.3 is 4.74 Å². The van der Waals surface area contributed by atoms with Crippen molar-refractivity contribution in [3.8, 4) is 5.75 Å². The molecule has 2 aromatic rings. The molecule has 1 saturated heterocycles. The van der Waals surface area contributed by atoms with Crippen LogP contribution >= 0.6 is 11.8 Å². The average molecular weight is 353 g/mol. The van der Waals surface area contributed by atoms with Gasteiger partial charge >= 0.3 is 5.97 Å². The van der Waals surface area contributed by atoms with Gasteiger partial charge in [-0.1, -0.05) is 49.9 Å². The number of hydrogen-bond donors (Lipinski definition) is 0. The summed E-state index contributed by atoms with van der Waals surface area (Å²) in [6.45, 7) is 4.24. The zero-order valence-corrected chi connectivity index (χ0v) is 15.0. The first-order valence-electron chi connectivity index (χ1n) is 8.44. The summed E-state index contributed by atoms with van der Waals surface area (Å²) in [5, 5.41) is 0. The Morgan fingerprint density at radius 3 is 2.60 bits per heavy atom. The molecule has 1 unspecified atom stereocenters. The molecule has 2 aromatic carbocycles. The van der Waals surface area contributed by atoms with Gasteiger partial charge in [0, 0.05) is 17.7 Å². The molecule has 0 spiro atoms. The molecule has 2 aliphatic heterocycles. The summed E-state index contributed by atoms with van der Waals surface area (Å²) in [5.74, 6) is 0.534. The van der Waals surface area contributed by atoms with Crippen LogP contribution in [0.3, 0.4) is 0 Å². The van der Waals surface area contributed by atoms with Crippen molar-refractivity contribution >= 4 is 29.3 Å². The second-order valence-corrected chi connectivity index (χ2v) is 8.02. The number of thioether (sulfide) groups is 1. The lowest BCUT2D eigenvalue weighted by Crippen LogP contribution is -2.48. The number of carbonyl (C=O) groups excluding carboxylic acids is 2. The molecule has 1 fully saturated rings. The molecule has 0 aromatic heterocycles. The Kier molecular flexibility index (Phi) is 3.84. The number of amides is 1. The third-order valence-electron chi connectivity index (χ3n) is 4.75. The van der Waals surface area contributed by atoms with E-state index in [0.717, 1.165) is 10.6 Å². The summed E-state index contributed by atoms with van der Waals surface area (Å²) in [7, 11) is 0. The second kappa shape index (κ2) is 5.92. The first-order valence-corrected chi connectivity index (χ1v) is 9.26. The Hall–Kier alpha value is -2.27. The van der Waals surface area contributed by atoms with Crippen LogP contribution in [0, 0.1) is 0 Å². The highest BCUT2D eigenvalue weighted by Crippen LogP contribution is 2.56. The number of benzene rings is 2. The monoisotopic (exact) mass is 353 g/mol. The number of ether oxygens (including phenoxy) is 1. The number of hydrogen-bond acceptors (Lipinski definition) is 4. The summed E-state index contributed by atoms with van der Waals surface area (Å²) in [5.41, 5.74) is 2.00. The predicted molar refractivity (Wildman–Crippen MR) is 97.9 cm³/mol. The molecule has 1 atom stereocenters. The average Bonchev–Trinajstić information content (AvgIpc) is 3.11. The molecule has 2 heterocycles. The first-order chi connectivity index (χ1) is 12.0. The van der Waals surface area contributed by atoms with E-state index < -0.39 is 4.87 Å². The van der Waals surface area contributed by atoms with Gasteiger partial charge in [-0.25, -0.2) is 4.79 Å². The summed E-state index contributed by atoms with van der Waals surface area (Å²) in [6.07, 6.45) is 0.830. The van der Waals surface area contributed by atoms with E-state index in [-0.39, 0.29) is 11.9 Å². The standard InChI is InChI=1S/C20H19NO3S/c1-13(2)14-7-9-15(10-8-14)24-19(23)20-12-11-18(22)21(20)16-5-3-4-6-17(16)25-20/h3-10,13H,11-12H2,1-2H3. The van der Waals surface area contributed by atoms with E-state index in [1.54, 1.807) is 4.90 Å². The fraction of sp³-hybridized carbons (Fsp3) is 0.300. The Morgan fingerprint density at radius 2 is 1.88 bits per heavy atom. The van der Waals surface area contributed by atoms with Crippen LogP contribution in [0.5, 0.6) is 5.75 Å². The Bertz CT molecular complexity index is 846. The minimum Gasteiger partial charge on any atom is -0.424 e. The zero-order valence-electron chi connectivity index (χ0n) is 14.2. The van der Waals surface area contributed by atoms with Crippen molar-refractivity contribution in [1.29, 1.82) is 0 Å². The van der Waals surface area contributed by atoms with Crippen LogP contribution in [-0.4, -0.2) is 16.7 Å². The van der Waals surface area contributed by atoms with Gasteiger partial charge in [0.1, 0.15) is 5.75 Å². The van der Waals surface area contributed by atoms with Crippen LogP contribution < -0.4 is 9.64 Å². The molecule has 128 valence electrons. The van der Waals surface area contributed by atoms with Gasteiger partial charge in [0.2, 0.25) is 5.91 Å². The van der Waals surface area contributed by atoms with Crippen LogP contribution in [0.15, 0.2) is 53.4 Å². The maximum Gasteiger partial charge on any atom is 0.348 e. The minimum atomic E-state index is -0.975. The van der Waals surface area contributed by atoms with Crippen LogP contribution in [0.4, 0.5) is 5.69 Å². The highest BCUT2D eigenvalue weighted by atomic mass is 32.2. The molecule has 0 N–H and O–H groups in total. The third kappa shape index (κ3) is 2.54. The van der Waals surface area contributed by atoms with Crippen molar-refractivity contribution in [2.45, 2.75) is 42.4 Å². The van der Waals surface area contributed by atoms with Crippen molar-refractivity contribution in [3.05, 3.63) is 54.1 Å². The summed E-state index contributed by atoms with van der Waals surface area (Å²) >= 11 is 1.42. The molecular formula is C20H19NO3S. The lowest BCUT2D eigenvalue weighted by Gasteiger charge is -2.28. The molecule has 25 heavy (non-hydrogen) atoms. The number of rotatable bonds is 3. The molecule has 5 heteroatoms. The maximum atomic E-state index is 13.0. The van der Waals surface area contributed by atoms with E-state index in [4.69, 9.17) is 4.74 Å². The van der Waals surface area contributed by atoms with Crippen molar-refractivity contribution < 1.29 is 14.3 Å². The minimum absolute atomic E-state index is 0.0236. The fourth-order valence-electron chi connectivity index (χ4n) is 3.38. The fourth-order valence-corrected chi connectivity index (χ4v) is 4.77. The highest BCUT2D eigenvalue weighted by Gasteiger charge is 2.58. The number of carbonyl (C=O) groups is 2. The van der Waals surface area contributed by atoms with E-state index in [1.165, 1.54) is 17.3 Å². The Balaban J connectivity index is 1.62. The quantitative estimate of drug-likeness (QED) is 0.608. The van der Waals surface area contributed by atoms with Crippen LogP contribution in [0.2, 0.25) is 0 Å². The first kappa shape index (κ1) is 16.2. The smallest absolute Gasteiger partial charge is 0.348 e. The molecule has 1 amide bonds. The van der Waals surface area contributed by atoms with Gasteiger partial charge in [-0.15, -0.1) is 0 Å². The molecular weight excluding hydrogens is 334 g/mol. The number of esters is 1. The van der Waals surface area contributed by atoms with Crippen LogP contribution in [0.1, 0.15) is 38.2 Å². The van der Waals surface area contributed by atoms with E-state index in [0.29, 0.717) is 24.5 Å². The zero-order chi connectivity index (χ0) is 17.6. The highest BCUT2D eigenvalue weighted by molar-refractivity contribution is 8.02. The van der Waals surface area contributed by atoms with Crippen molar-refractivity contribution in [2.24, 2.45) is 0 Å². The molecule has 4 nitrogen and oxygen atoms in total. The van der Waals surface area contributed by atoms with Crippen molar-refractivity contribution in [1.82, 2.24) is 0 Å². The number of anilines is 1. The molecule has 0 bridgehead atoms. The number of para-hydroxylation sites is 1. The number of nitrogens with zero attached hydrogens (tertiary/aromatic N) is 1. The maximum absolute atomic E-state index is 13.0. The van der Waals surface area contributed by atoms with Crippen LogP contribution in [-0.2, 0) is 9.59 Å². The van der Waals surface area contributed by atoms with Crippen molar-refractivity contribution in [3.63, 3.8) is 0 Å². The molecule has 2 aliphatic rings. The summed E-state index contributed by atoms with van der Waals surface area (Å²) in [6, 6.07) is 15.2. The molecule has 4 rings (SSSR count). The third-order valence-corrected chi connectivity index (χ3v) is 6.21. The number of fused-ring (bicyclic) bond motifs is 3. The largest absolute Gasteiger partial charge is 0.424 e. The van der Waals surface area contributed by atoms with Crippen molar-refractivity contribution in [2.75, 3.05) is 4.90 Å². The van der Waals surface area contributed by atoms with Gasteiger partial charge in [-0.2, -0.15) is 0 Å². The normalized spacial score (nSPS) is 21.4. The Morgan fingerprint density at radius 1 is 1.16 bits per heavy atom. The molecule has 0 aliphatic carbocycles. The lowest BCUT2D eigenvalue weighted by molar-refractivity contribution is -0.137. The van der Waals surface area contributed by atoms with Gasteiger partial charge in [0.05, 0.1) is 5.69 Å². The van der Waals surface area contributed by atoms with E-state index in [9.17, 15) is 9.59 Å². The molecule has 0 radical (unpaired) electrons. The Labute approximate surface area is 151 Å². The molecule has 0 saturated carbocycles. The SMILES string of the molecule is CC(C)c1ccc(OC(=O)C23CCC(=O)N2c2ccccc2S3)cc1. The van der Waals surface area contributed by atoms with Gasteiger partial charge in [0.25, 0.3) is 0 Å². The van der Waals surface area contributed by atoms with Gasteiger partial charge in [0.15, 0.2) is 4.87 Å². The topological polar surface area (TPSA) is 46.6 Å². The van der Waals surface area contributed by atoms with E-state index in [2.05, 4.69) is 13.8 Å². The van der Waals surface area contributed by atoms with Crippen LogP contribution in [0.25, 0.3) is 0 Å². The second-order valence-electron chi connectivity index (χ2n) is 6.70. The van der Waals surface area contributed by atoms with Gasteiger partial charge in [-0.05, 0) is 35.7 Å². The predicted octanol–water partition coefficient (Wildman–Crippen LogP) is 4.34. The lowest BCUT2D eigenvalue weighted by atomic mass is 10.0. The van der Waals surface area contributed by atoms with E-state index >= 15 is 0 Å². The summed E-state index contributed by atoms with van der Waals surface area (Å²) in [4.78, 5) is 27.0. The van der Waals surface area contributed by atoms with Gasteiger partial charge in [-0.3, -0.25) is 9.69 Å².